The Morgan fingerprint density at radius 2 is 1.63 bits per heavy atom. The fourth-order valence-electron chi connectivity index (χ4n) is 4.25. The number of hydrogen-bond donors (Lipinski definition) is 2. The number of aromatic nitrogens is 1. The minimum atomic E-state index is -1.05. The molecule has 2 aromatic carbocycles. The van der Waals surface area contributed by atoms with E-state index in [1.165, 1.54) is 0 Å². The Balaban J connectivity index is 1.26. The maximum absolute atomic E-state index is 13.1. The molecule has 1 unspecified atom stereocenters. The first-order chi connectivity index (χ1) is 18.4. The highest BCUT2D eigenvalue weighted by atomic mass is 16.5. The molecule has 0 saturated heterocycles. The second-order valence-corrected chi connectivity index (χ2v) is 9.38. The number of fused-ring (bicyclic) bond motifs is 1. The van der Waals surface area contributed by atoms with Crippen LogP contribution in [0.3, 0.4) is 0 Å². The van der Waals surface area contributed by atoms with E-state index in [9.17, 15) is 9.59 Å². The number of carbonyl (C=O) groups is 2. The van der Waals surface area contributed by atoms with Gasteiger partial charge in [-0.1, -0.05) is 25.2 Å². The van der Waals surface area contributed by atoms with Crippen LogP contribution in [0, 0.1) is 11.3 Å². The first-order valence-corrected chi connectivity index (χ1v) is 12.4. The van der Waals surface area contributed by atoms with Crippen molar-refractivity contribution in [1.29, 1.82) is 0 Å². The van der Waals surface area contributed by atoms with E-state index in [-0.39, 0.29) is 17.7 Å². The smallest absolute Gasteiger partial charge is 0.240 e. The molecule has 2 aliphatic rings. The number of amides is 2. The van der Waals surface area contributed by atoms with Gasteiger partial charge in [0.25, 0.3) is 0 Å². The highest BCUT2D eigenvalue weighted by molar-refractivity contribution is 6.13. The molecule has 1 saturated carbocycles. The molecular formula is C30H29N3O5. The summed E-state index contributed by atoms with van der Waals surface area (Å²) in [6, 6.07) is 12.4. The van der Waals surface area contributed by atoms with E-state index in [0.29, 0.717) is 52.7 Å². The molecular weight excluding hydrogens is 482 g/mol. The van der Waals surface area contributed by atoms with E-state index in [2.05, 4.69) is 22.5 Å². The predicted molar refractivity (Wildman–Crippen MR) is 145 cm³/mol. The number of anilines is 1. The number of nitrogens with zero attached hydrogens (tertiary/aromatic N) is 1. The quantitative estimate of drug-likeness (QED) is 0.386. The molecule has 3 aromatic rings. The maximum Gasteiger partial charge on any atom is 0.240 e. The number of ether oxygens (including phenoxy) is 3. The fourth-order valence-corrected chi connectivity index (χ4v) is 4.25. The van der Waals surface area contributed by atoms with Crippen LogP contribution in [0.1, 0.15) is 19.8 Å². The average Bonchev–Trinajstić information content (AvgIpc) is 3.76. The van der Waals surface area contributed by atoms with Crippen LogP contribution >= 0.6 is 0 Å². The van der Waals surface area contributed by atoms with Crippen molar-refractivity contribution in [2.75, 3.05) is 19.5 Å². The van der Waals surface area contributed by atoms with Crippen LogP contribution in [-0.2, 0) is 9.59 Å². The van der Waals surface area contributed by atoms with Crippen LogP contribution < -0.4 is 24.8 Å². The number of nitrogens with one attached hydrogen (secondary N) is 2. The summed E-state index contributed by atoms with van der Waals surface area (Å²) in [6.45, 7) is 2.06. The lowest BCUT2D eigenvalue weighted by atomic mass is 10.0. The monoisotopic (exact) mass is 511 g/mol. The van der Waals surface area contributed by atoms with Gasteiger partial charge < -0.3 is 24.8 Å². The van der Waals surface area contributed by atoms with Gasteiger partial charge in [-0.05, 0) is 67.3 Å². The van der Waals surface area contributed by atoms with Crippen LogP contribution in [0.15, 0.2) is 84.7 Å². The minimum absolute atomic E-state index is 0.286. The predicted octanol–water partition coefficient (Wildman–Crippen LogP) is 5.53. The van der Waals surface area contributed by atoms with Crippen molar-refractivity contribution in [1.82, 2.24) is 10.3 Å². The van der Waals surface area contributed by atoms with Crippen LogP contribution in [0.5, 0.6) is 23.0 Å². The number of allylic oxidation sites excluding steroid dienone is 5. The molecule has 0 aliphatic heterocycles. The molecule has 0 bridgehead atoms. The standard InChI is InChI=1S/C30H29N3O5/c1-19-5-4-6-20(8-7-19)32-28(34)30(14-15-30)29(35)33-21-9-11-22(12-10-21)38-25-13-16-31-24-18-27(37-3)26(36-2)17-23(24)25/h4-13,16-19H,14-15H2,1-3H3,(H,32,34)(H,33,35). The van der Waals surface area contributed by atoms with E-state index in [1.807, 2.05) is 36.4 Å². The molecule has 2 N–H and O–H groups in total. The summed E-state index contributed by atoms with van der Waals surface area (Å²) in [4.78, 5) is 30.4. The lowest BCUT2D eigenvalue weighted by molar-refractivity contribution is -0.133. The van der Waals surface area contributed by atoms with Gasteiger partial charge >= 0.3 is 0 Å². The van der Waals surface area contributed by atoms with Gasteiger partial charge in [0.15, 0.2) is 11.5 Å². The Hall–Kier alpha value is -4.59. The molecule has 8 heteroatoms. The van der Waals surface area contributed by atoms with Crippen molar-refractivity contribution < 1.29 is 23.8 Å². The lowest BCUT2D eigenvalue weighted by Crippen LogP contribution is -2.39. The van der Waals surface area contributed by atoms with Crippen LogP contribution in [0.2, 0.25) is 0 Å². The molecule has 1 atom stereocenters. The number of methoxy groups -OCH3 is 2. The zero-order chi connectivity index (χ0) is 26.7. The molecule has 194 valence electrons. The van der Waals surface area contributed by atoms with Gasteiger partial charge in [0.1, 0.15) is 16.9 Å². The number of benzene rings is 2. The van der Waals surface area contributed by atoms with Gasteiger partial charge in [-0.15, -0.1) is 0 Å². The van der Waals surface area contributed by atoms with E-state index in [1.54, 1.807) is 56.8 Å². The summed E-state index contributed by atoms with van der Waals surface area (Å²) in [7, 11) is 3.15. The van der Waals surface area contributed by atoms with E-state index in [4.69, 9.17) is 14.2 Å². The molecule has 8 nitrogen and oxygen atoms in total. The highest BCUT2D eigenvalue weighted by Crippen LogP contribution is 2.47. The summed E-state index contributed by atoms with van der Waals surface area (Å²) in [5.41, 5.74) is 0.910. The Morgan fingerprint density at radius 3 is 2.34 bits per heavy atom. The molecule has 1 aromatic heterocycles. The number of carbonyl (C=O) groups excluding carboxylic acids is 2. The Labute approximate surface area is 221 Å². The second-order valence-electron chi connectivity index (χ2n) is 9.38. The van der Waals surface area contributed by atoms with Gasteiger partial charge in [0.05, 0.1) is 19.7 Å². The van der Waals surface area contributed by atoms with Crippen LogP contribution in [-0.4, -0.2) is 31.0 Å². The van der Waals surface area contributed by atoms with Crippen LogP contribution in [0.4, 0.5) is 5.69 Å². The first kappa shape index (κ1) is 25.1. The van der Waals surface area contributed by atoms with Crippen LogP contribution in [0.25, 0.3) is 10.9 Å². The summed E-state index contributed by atoms with van der Waals surface area (Å²) in [5.74, 6) is 2.03. The molecule has 5 rings (SSSR count). The molecule has 2 amide bonds. The van der Waals surface area contributed by atoms with Gasteiger partial charge in [-0.2, -0.15) is 0 Å². The topological polar surface area (TPSA) is 98.8 Å². The molecule has 38 heavy (non-hydrogen) atoms. The van der Waals surface area contributed by atoms with Crippen molar-refractivity contribution in [2.45, 2.75) is 19.8 Å². The van der Waals surface area contributed by atoms with Crippen molar-refractivity contribution in [2.24, 2.45) is 11.3 Å². The zero-order valence-electron chi connectivity index (χ0n) is 21.5. The second kappa shape index (κ2) is 10.4. The molecule has 2 aliphatic carbocycles. The molecule has 0 radical (unpaired) electrons. The third-order valence-electron chi connectivity index (χ3n) is 6.69. The van der Waals surface area contributed by atoms with Gasteiger partial charge in [-0.25, -0.2) is 0 Å². The summed E-state index contributed by atoms with van der Waals surface area (Å²) < 4.78 is 16.9. The third kappa shape index (κ3) is 5.11. The van der Waals surface area contributed by atoms with Crippen molar-refractivity contribution in [3.63, 3.8) is 0 Å². The molecule has 1 heterocycles. The fraction of sp³-hybridized carbons (Fsp3) is 0.233. The van der Waals surface area contributed by atoms with Crippen molar-refractivity contribution >= 4 is 28.4 Å². The van der Waals surface area contributed by atoms with Gasteiger partial charge in [0.2, 0.25) is 11.8 Å². The minimum Gasteiger partial charge on any atom is -0.493 e. The Morgan fingerprint density at radius 1 is 0.921 bits per heavy atom. The summed E-state index contributed by atoms with van der Waals surface area (Å²) in [5, 5.41) is 6.55. The Kier molecular flexibility index (Phi) is 6.87. The third-order valence-corrected chi connectivity index (χ3v) is 6.69. The zero-order valence-corrected chi connectivity index (χ0v) is 21.5. The maximum atomic E-state index is 13.1. The van der Waals surface area contributed by atoms with Crippen molar-refractivity contribution in [3.8, 4) is 23.0 Å². The van der Waals surface area contributed by atoms with Gasteiger partial charge in [0, 0.05) is 29.0 Å². The lowest BCUT2D eigenvalue weighted by Gasteiger charge is -2.16. The summed E-state index contributed by atoms with van der Waals surface area (Å²) in [6.07, 6.45) is 12.3. The van der Waals surface area contributed by atoms with Gasteiger partial charge in [-0.3, -0.25) is 14.6 Å². The number of rotatable bonds is 8. The SMILES string of the molecule is COc1cc2nccc(Oc3ccc(NC(=O)C4(C(=O)NC5=CC=CC(C)C=C5)CC4)cc3)c2cc1OC. The number of hydrogen-bond acceptors (Lipinski definition) is 6. The normalized spacial score (nSPS) is 17.2. The van der Waals surface area contributed by atoms with E-state index >= 15 is 0 Å². The first-order valence-electron chi connectivity index (χ1n) is 12.4. The van der Waals surface area contributed by atoms with E-state index < -0.39 is 5.41 Å². The molecule has 0 spiro atoms. The number of pyridine rings is 1. The summed E-state index contributed by atoms with van der Waals surface area (Å²) >= 11 is 0. The molecule has 1 fully saturated rings. The highest BCUT2D eigenvalue weighted by Gasteiger charge is 2.56. The van der Waals surface area contributed by atoms with Crippen molar-refractivity contribution in [3.05, 3.63) is 84.7 Å². The Bertz CT molecular complexity index is 1470. The largest absolute Gasteiger partial charge is 0.493 e. The average molecular weight is 512 g/mol. The van der Waals surface area contributed by atoms with E-state index in [0.717, 1.165) is 5.39 Å².